The summed E-state index contributed by atoms with van der Waals surface area (Å²) in [5.74, 6) is 0. The van der Waals surface area contributed by atoms with Gasteiger partial charge in [0.05, 0.1) is 0 Å². The number of nitrogens with one attached hydrogen (secondary N) is 1. The quantitative estimate of drug-likeness (QED) is 0.710. The van der Waals surface area contributed by atoms with Crippen LogP contribution in [0, 0.1) is 5.41 Å². The smallest absolute Gasteiger partial charge is 0.0431 e. The molecule has 0 aliphatic rings. The third kappa shape index (κ3) is 5.98. The van der Waals surface area contributed by atoms with Crippen molar-refractivity contribution >= 4 is 11.8 Å². The van der Waals surface area contributed by atoms with E-state index >= 15 is 0 Å². The van der Waals surface area contributed by atoms with Gasteiger partial charge >= 0.3 is 0 Å². The van der Waals surface area contributed by atoms with Gasteiger partial charge in [0, 0.05) is 24.1 Å². The van der Waals surface area contributed by atoms with Crippen molar-refractivity contribution < 1.29 is 5.11 Å². The number of aliphatic hydroxyl groups is 1. The summed E-state index contributed by atoms with van der Waals surface area (Å²) in [7, 11) is 0. The molecule has 0 aliphatic heterocycles. The number of thioether (sulfide) groups is 1. The van der Waals surface area contributed by atoms with Crippen LogP contribution in [-0.4, -0.2) is 24.5 Å². The minimum atomic E-state index is 0.232. The van der Waals surface area contributed by atoms with Crippen LogP contribution in [-0.2, 0) is 0 Å². The van der Waals surface area contributed by atoms with Gasteiger partial charge in [0.1, 0.15) is 0 Å². The predicted octanol–water partition coefficient (Wildman–Crippen LogP) is 3.86. The van der Waals surface area contributed by atoms with E-state index in [0.717, 1.165) is 19.4 Å². The molecule has 0 bridgehead atoms. The van der Waals surface area contributed by atoms with Crippen molar-refractivity contribution in [1.29, 1.82) is 0 Å². The molecule has 0 amide bonds. The van der Waals surface area contributed by atoms with Crippen LogP contribution in [0.1, 0.15) is 45.2 Å². The Kier molecular flexibility index (Phi) is 6.90. The van der Waals surface area contributed by atoms with Gasteiger partial charge in [-0.3, -0.25) is 0 Å². The molecule has 0 aromatic heterocycles. The third-order valence-electron chi connectivity index (χ3n) is 3.51. The first-order valence-electron chi connectivity index (χ1n) is 6.97. The Morgan fingerprint density at radius 2 is 1.89 bits per heavy atom. The maximum atomic E-state index is 8.91. The summed E-state index contributed by atoms with van der Waals surface area (Å²) in [6, 6.07) is 9.11. The second-order valence-corrected chi connectivity index (χ2v) is 6.75. The first-order valence-corrected chi connectivity index (χ1v) is 8.19. The Morgan fingerprint density at radius 3 is 2.42 bits per heavy atom. The largest absolute Gasteiger partial charge is 0.396 e. The molecular weight excluding hydrogens is 254 g/mol. The van der Waals surface area contributed by atoms with E-state index < -0.39 is 0 Å². The highest BCUT2D eigenvalue weighted by Crippen LogP contribution is 2.23. The first kappa shape index (κ1) is 16.5. The summed E-state index contributed by atoms with van der Waals surface area (Å²) in [5, 5.41) is 12.5. The van der Waals surface area contributed by atoms with Crippen molar-refractivity contribution in [3.63, 3.8) is 0 Å². The Balaban J connectivity index is 2.47. The minimum Gasteiger partial charge on any atom is -0.396 e. The Labute approximate surface area is 122 Å². The van der Waals surface area contributed by atoms with Gasteiger partial charge in [-0.05, 0) is 49.1 Å². The summed E-state index contributed by atoms with van der Waals surface area (Å²) >= 11 is 1.77. The van der Waals surface area contributed by atoms with Crippen LogP contribution in [0.3, 0.4) is 0 Å². The molecule has 0 saturated heterocycles. The normalized spacial score (nSPS) is 13.5. The molecule has 0 heterocycles. The fourth-order valence-corrected chi connectivity index (χ4v) is 2.49. The zero-order chi connectivity index (χ0) is 14.3. The summed E-state index contributed by atoms with van der Waals surface area (Å²) in [6.07, 6.45) is 4.03. The molecule has 1 aromatic rings. The fourth-order valence-electron chi connectivity index (χ4n) is 2.09. The van der Waals surface area contributed by atoms with E-state index in [-0.39, 0.29) is 12.0 Å². The van der Waals surface area contributed by atoms with Crippen molar-refractivity contribution in [1.82, 2.24) is 5.32 Å². The van der Waals surface area contributed by atoms with Gasteiger partial charge in [-0.25, -0.2) is 0 Å². The highest BCUT2D eigenvalue weighted by atomic mass is 32.2. The van der Waals surface area contributed by atoms with Gasteiger partial charge in [-0.2, -0.15) is 0 Å². The van der Waals surface area contributed by atoms with Gasteiger partial charge in [-0.15, -0.1) is 11.8 Å². The Bertz CT molecular complexity index is 362. The van der Waals surface area contributed by atoms with Gasteiger partial charge < -0.3 is 10.4 Å². The molecule has 1 unspecified atom stereocenters. The summed E-state index contributed by atoms with van der Waals surface area (Å²) in [6.45, 7) is 7.96. The number of hydrogen-bond acceptors (Lipinski definition) is 3. The highest BCUT2D eigenvalue weighted by molar-refractivity contribution is 7.98. The van der Waals surface area contributed by atoms with Crippen LogP contribution in [0.2, 0.25) is 0 Å². The lowest BCUT2D eigenvalue weighted by Crippen LogP contribution is -2.31. The standard InChI is InChI=1S/C16H27NOS/c1-13(14-6-8-15(19-4)9-7-14)17-12-16(2,3)10-5-11-18/h6-9,13,17-18H,5,10-12H2,1-4H3. The van der Waals surface area contributed by atoms with Crippen molar-refractivity contribution in [2.75, 3.05) is 19.4 Å². The molecule has 2 N–H and O–H groups in total. The molecule has 0 radical (unpaired) electrons. The molecule has 0 saturated carbocycles. The maximum Gasteiger partial charge on any atom is 0.0431 e. The lowest BCUT2D eigenvalue weighted by atomic mass is 9.87. The minimum absolute atomic E-state index is 0.232. The molecule has 1 rings (SSSR count). The van der Waals surface area contributed by atoms with E-state index in [1.54, 1.807) is 11.8 Å². The Hall–Kier alpha value is -0.510. The lowest BCUT2D eigenvalue weighted by Gasteiger charge is -2.27. The van der Waals surface area contributed by atoms with Crippen LogP contribution >= 0.6 is 11.8 Å². The van der Waals surface area contributed by atoms with Crippen molar-refractivity contribution in [3.8, 4) is 0 Å². The van der Waals surface area contributed by atoms with Gasteiger partial charge in [0.25, 0.3) is 0 Å². The van der Waals surface area contributed by atoms with Crippen LogP contribution in [0.15, 0.2) is 29.2 Å². The molecule has 19 heavy (non-hydrogen) atoms. The van der Waals surface area contributed by atoms with E-state index in [1.165, 1.54) is 10.5 Å². The average molecular weight is 281 g/mol. The van der Waals surface area contributed by atoms with Crippen LogP contribution < -0.4 is 5.32 Å². The first-order chi connectivity index (χ1) is 8.98. The number of benzene rings is 1. The van der Waals surface area contributed by atoms with E-state index in [2.05, 4.69) is 56.6 Å². The van der Waals surface area contributed by atoms with Gasteiger partial charge in [0.2, 0.25) is 0 Å². The number of aliphatic hydroxyl groups excluding tert-OH is 1. The second kappa shape index (κ2) is 7.93. The zero-order valence-corrected chi connectivity index (χ0v) is 13.4. The summed E-state index contributed by atoms with van der Waals surface area (Å²) < 4.78 is 0. The van der Waals surface area contributed by atoms with Crippen LogP contribution in [0.5, 0.6) is 0 Å². The van der Waals surface area contributed by atoms with Crippen molar-refractivity contribution in [2.45, 2.75) is 44.6 Å². The topological polar surface area (TPSA) is 32.3 Å². The fraction of sp³-hybridized carbons (Fsp3) is 0.625. The Morgan fingerprint density at radius 1 is 1.26 bits per heavy atom. The summed E-state index contributed by atoms with van der Waals surface area (Å²) in [5.41, 5.74) is 1.56. The molecule has 0 aliphatic carbocycles. The van der Waals surface area contributed by atoms with Crippen molar-refractivity contribution in [2.24, 2.45) is 5.41 Å². The van der Waals surface area contributed by atoms with Crippen LogP contribution in [0.25, 0.3) is 0 Å². The monoisotopic (exact) mass is 281 g/mol. The SMILES string of the molecule is CSc1ccc(C(C)NCC(C)(C)CCCO)cc1. The average Bonchev–Trinajstić information content (AvgIpc) is 2.43. The van der Waals surface area contributed by atoms with E-state index in [0.29, 0.717) is 6.04 Å². The molecular formula is C16H27NOS. The molecule has 108 valence electrons. The summed E-state index contributed by atoms with van der Waals surface area (Å²) in [4.78, 5) is 1.30. The van der Waals surface area contributed by atoms with E-state index in [1.807, 2.05) is 0 Å². The van der Waals surface area contributed by atoms with Gasteiger partial charge in [-0.1, -0.05) is 26.0 Å². The predicted molar refractivity (Wildman–Crippen MR) is 84.7 cm³/mol. The highest BCUT2D eigenvalue weighted by Gasteiger charge is 2.18. The molecule has 1 atom stereocenters. The molecule has 1 aromatic carbocycles. The second-order valence-electron chi connectivity index (χ2n) is 5.87. The van der Waals surface area contributed by atoms with Crippen LogP contribution in [0.4, 0.5) is 0 Å². The lowest BCUT2D eigenvalue weighted by molar-refractivity contribution is 0.233. The molecule has 2 nitrogen and oxygen atoms in total. The maximum absolute atomic E-state index is 8.91. The molecule has 0 fully saturated rings. The van der Waals surface area contributed by atoms with E-state index in [4.69, 9.17) is 5.11 Å². The number of rotatable bonds is 8. The third-order valence-corrected chi connectivity index (χ3v) is 4.26. The van der Waals surface area contributed by atoms with Gasteiger partial charge in [0.15, 0.2) is 0 Å². The van der Waals surface area contributed by atoms with Crippen molar-refractivity contribution in [3.05, 3.63) is 29.8 Å². The molecule has 3 heteroatoms. The zero-order valence-electron chi connectivity index (χ0n) is 12.6. The van der Waals surface area contributed by atoms with E-state index in [9.17, 15) is 0 Å². The molecule has 0 spiro atoms. The number of hydrogen-bond donors (Lipinski definition) is 2.